The van der Waals surface area contributed by atoms with E-state index in [1.54, 1.807) is 0 Å². The van der Waals surface area contributed by atoms with Gasteiger partial charge in [0.1, 0.15) is 5.82 Å². The van der Waals surface area contributed by atoms with Crippen LogP contribution >= 0.6 is 11.5 Å². The van der Waals surface area contributed by atoms with E-state index >= 15 is 0 Å². The van der Waals surface area contributed by atoms with E-state index in [1.807, 2.05) is 6.07 Å². The maximum atomic E-state index is 4.46. The SMILES string of the molecule is CCCc1nsc(NC(C)c2ccccc2)n1. The van der Waals surface area contributed by atoms with E-state index in [2.05, 4.69) is 52.8 Å². The zero-order valence-electron chi connectivity index (χ0n) is 10.2. The van der Waals surface area contributed by atoms with Gasteiger partial charge in [-0.05, 0) is 18.9 Å². The van der Waals surface area contributed by atoms with Crippen LogP contribution in [0.1, 0.15) is 37.7 Å². The van der Waals surface area contributed by atoms with Gasteiger partial charge in [-0.3, -0.25) is 0 Å². The third-order valence-corrected chi connectivity index (χ3v) is 3.27. The Morgan fingerprint density at radius 3 is 2.76 bits per heavy atom. The fourth-order valence-corrected chi connectivity index (χ4v) is 2.35. The van der Waals surface area contributed by atoms with Crippen molar-refractivity contribution in [1.82, 2.24) is 9.36 Å². The molecule has 0 aliphatic rings. The predicted molar refractivity (Wildman–Crippen MR) is 72.4 cm³/mol. The van der Waals surface area contributed by atoms with E-state index in [4.69, 9.17) is 0 Å². The molecule has 1 unspecified atom stereocenters. The minimum atomic E-state index is 0.263. The van der Waals surface area contributed by atoms with Crippen LogP contribution in [0.2, 0.25) is 0 Å². The Hall–Kier alpha value is -1.42. The number of nitrogens with zero attached hydrogens (tertiary/aromatic N) is 2. The Kier molecular flexibility index (Phi) is 4.09. The summed E-state index contributed by atoms with van der Waals surface area (Å²) in [7, 11) is 0. The largest absolute Gasteiger partial charge is 0.354 e. The van der Waals surface area contributed by atoms with Crippen molar-refractivity contribution in [2.24, 2.45) is 0 Å². The van der Waals surface area contributed by atoms with Crippen molar-refractivity contribution in [3.8, 4) is 0 Å². The van der Waals surface area contributed by atoms with E-state index < -0.39 is 0 Å². The van der Waals surface area contributed by atoms with Crippen molar-refractivity contribution < 1.29 is 0 Å². The van der Waals surface area contributed by atoms with Gasteiger partial charge in [0.05, 0.1) is 6.04 Å². The van der Waals surface area contributed by atoms with Crippen LogP contribution in [-0.2, 0) is 6.42 Å². The van der Waals surface area contributed by atoms with Gasteiger partial charge in [-0.15, -0.1) is 0 Å². The van der Waals surface area contributed by atoms with Crippen LogP contribution in [0.15, 0.2) is 30.3 Å². The Balaban J connectivity index is 2.00. The minimum Gasteiger partial charge on any atom is -0.354 e. The van der Waals surface area contributed by atoms with Crippen molar-refractivity contribution in [2.45, 2.75) is 32.7 Å². The van der Waals surface area contributed by atoms with Gasteiger partial charge in [-0.2, -0.15) is 4.37 Å². The quantitative estimate of drug-likeness (QED) is 0.876. The topological polar surface area (TPSA) is 37.8 Å². The van der Waals surface area contributed by atoms with Crippen LogP contribution in [-0.4, -0.2) is 9.36 Å². The normalized spacial score (nSPS) is 12.4. The van der Waals surface area contributed by atoms with E-state index in [-0.39, 0.29) is 6.04 Å². The first-order valence-electron chi connectivity index (χ1n) is 5.93. The molecule has 0 radical (unpaired) electrons. The highest BCUT2D eigenvalue weighted by atomic mass is 32.1. The molecule has 2 rings (SSSR count). The first kappa shape index (κ1) is 12.0. The number of hydrogen-bond donors (Lipinski definition) is 1. The molecule has 3 nitrogen and oxygen atoms in total. The molecule has 0 saturated heterocycles. The van der Waals surface area contributed by atoms with Crippen molar-refractivity contribution in [2.75, 3.05) is 5.32 Å². The van der Waals surface area contributed by atoms with E-state index in [1.165, 1.54) is 17.1 Å². The summed E-state index contributed by atoms with van der Waals surface area (Å²) in [6, 6.07) is 10.6. The fraction of sp³-hybridized carbons (Fsp3) is 0.385. The summed E-state index contributed by atoms with van der Waals surface area (Å²) < 4.78 is 4.32. The molecule has 1 aromatic carbocycles. The number of rotatable bonds is 5. The number of anilines is 1. The third-order valence-electron chi connectivity index (χ3n) is 2.58. The van der Waals surface area contributed by atoms with Crippen LogP contribution in [0.4, 0.5) is 5.13 Å². The van der Waals surface area contributed by atoms with Crippen LogP contribution in [0.3, 0.4) is 0 Å². The van der Waals surface area contributed by atoms with Gasteiger partial charge >= 0.3 is 0 Å². The van der Waals surface area contributed by atoms with Gasteiger partial charge in [-0.25, -0.2) is 4.98 Å². The summed E-state index contributed by atoms with van der Waals surface area (Å²) in [5.41, 5.74) is 1.26. The van der Waals surface area contributed by atoms with Gasteiger partial charge in [-0.1, -0.05) is 37.3 Å². The van der Waals surface area contributed by atoms with Crippen LogP contribution in [0.25, 0.3) is 0 Å². The molecule has 0 aliphatic heterocycles. The van der Waals surface area contributed by atoms with Crippen molar-refractivity contribution in [3.05, 3.63) is 41.7 Å². The molecule has 0 bridgehead atoms. The van der Waals surface area contributed by atoms with Crippen molar-refractivity contribution in [3.63, 3.8) is 0 Å². The summed E-state index contributed by atoms with van der Waals surface area (Å²) in [5, 5.41) is 4.29. The molecule has 2 aromatic rings. The molecule has 4 heteroatoms. The third kappa shape index (κ3) is 3.27. The molecule has 0 aliphatic carbocycles. The first-order valence-corrected chi connectivity index (χ1v) is 6.71. The van der Waals surface area contributed by atoms with Gasteiger partial charge in [0.25, 0.3) is 0 Å². The van der Waals surface area contributed by atoms with Gasteiger partial charge < -0.3 is 5.32 Å². The zero-order chi connectivity index (χ0) is 12.1. The van der Waals surface area contributed by atoms with Gasteiger partial charge in [0, 0.05) is 18.0 Å². The number of aromatic nitrogens is 2. The lowest BCUT2D eigenvalue weighted by Gasteiger charge is -2.12. The average molecular weight is 247 g/mol. The van der Waals surface area contributed by atoms with Crippen molar-refractivity contribution in [1.29, 1.82) is 0 Å². The van der Waals surface area contributed by atoms with Gasteiger partial charge in [0.2, 0.25) is 5.13 Å². The molecule has 0 spiro atoms. The van der Waals surface area contributed by atoms with E-state index in [0.29, 0.717) is 0 Å². The monoisotopic (exact) mass is 247 g/mol. The molecule has 90 valence electrons. The lowest BCUT2D eigenvalue weighted by atomic mass is 10.1. The lowest BCUT2D eigenvalue weighted by molar-refractivity contribution is 0.848. The summed E-state index contributed by atoms with van der Waals surface area (Å²) in [6.45, 7) is 4.27. The molecular formula is C13H17N3S. The number of hydrogen-bond acceptors (Lipinski definition) is 4. The summed E-state index contributed by atoms with van der Waals surface area (Å²) in [4.78, 5) is 4.46. The summed E-state index contributed by atoms with van der Waals surface area (Å²) >= 11 is 1.44. The Morgan fingerprint density at radius 2 is 2.06 bits per heavy atom. The zero-order valence-corrected chi connectivity index (χ0v) is 11.0. The molecule has 0 saturated carbocycles. The fourth-order valence-electron chi connectivity index (χ4n) is 1.65. The summed E-state index contributed by atoms with van der Waals surface area (Å²) in [6.07, 6.45) is 2.04. The molecule has 1 aromatic heterocycles. The van der Waals surface area contributed by atoms with E-state index in [9.17, 15) is 0 Å². The molecule has 1 N–H and O–H groups in total. The Bertz CT molecular complexity index is 453. The summed E-state index contributed by atoms with van der Waals surface area (Å²) in [5.74, 6) is 0.945. The van der Waals surface area contributed by atoms with Crippen LogP contribution < -0.4 is 5.32 Å². The highest BCUT2D eigenvalue weighted by Gasteiger charge is 2.08. The first-order chi connectivity index (χ1) is 8.29. The molecular weight excluding hydrogens is 230 g/mol. The standard InChI is InChI=1S/C13H17N3S/c1-3-7-12-15-13(17-16-12)14-10(2)11-8-5-4-6-9-11/h4-6,8-10H,3,7H2,1-2H3,(H,14,15,16). The number of aryl methyl sites for hydroxylation is 1. The highest BCUT2D eigenvalue weighted by molar-refractivity contribution is 7.09. The molecule has 0 amide bonds. The highest BCUT2D eigenvalue weighted by Crippen LogP contribution is 2.20. The lowest BCUT2D eigenvalue weighted by Crippen LogP contribution is -2.06. The van der Waals surface area contributed by atoms with Crippen LogP contribution in [0, 0.1) is 0 Å². The smallest absolute Gasteiger partial charge is 0.203 e. The van der Waals surface area contributed by atoms with Crippen LogP contribution in [0.5, 0.6) is 0 Å². The molecule has 17 heavy (non-hydrogen) atoms. The molecule has 1 heterocycles. The van der Waals surface area contributed by atoms with E-state index in [0.717, 1.165) is 23.8 Å². The van der Waals surface area contributed by atoms with Crippen molar-refractivity contribution >= 4 is 16.7 Å². The van der Waals surface area contributed by atoms with Gasteiger partial charge in [0.15, 0.2) is 0 Å². The second-order valence-electron chi connectivity index (χ2n) is 4.04. The number of nitrogens with one attached hydrogen (secondary N) is 1. The minimum absolute atomic E-state index is 0.263. The average Bonchev–Trinajstić information content (AvgIpc) is 2.78. The maximum absolute atomic E-state index is 4.46. The predicted octanol–water partition coefficient (Wildman–Crippen LogP) is 3.66. The Labute approximate surface area is 106 Å². The second-order valence-corrected chi connectivity index (χ2v) is 4.79. The molecule has 1 atom stereocenters. The number of benzene rings is 1. The molecule has 0 fully saturated rings. The second kappa shape index (κ2) is 5.77. The Morgan fingerprint density at radius 1 is 1.29 bits per heavy atom. The maximum Gasteiger partial charge on any atom is 0.203 e.